The van der Waals surface area contributed by atoms with Crippen molar-refractivity contribution in [3.63, 3.8) is 0 Å². The molecule has 7 aliphatic rings. The van der Waals surface area contributed by atoms with Crippen LogP contribution in [-0.4, -0.2) is 138 Å². The zero-order valence-electron chi connectivity index (χ0n) is 38.3. The minimum Gasteiger partial charge on any atom is -0.462 e. The van der Waals surface area contributed by atoms with E-state index in [1.807, 2.05) is 25.2 Å². The molecule has 62 heavy (non-hydrogen) atoms. The number of hydrogen-bond acceptors (Lipinski definition) is 14. The van der Waals surface area contributed by atoms with Gasteiger partial charge in [-0.25, -0.2) is 0 Å². The molecule has 4 saturated heterocycles. The summed E-state index contributed by atoms with van der Waals surface area (Å²) >= 11 is 0. The molecule has 0 aromatic heterocycles. The van der Waals surface area contributed by atoms with Crippen molar-refractivity contribution in [2.45, 2.75) is 203 Å². The predicted molar refractivity (Wildman–Crippen MR) is 227 cm³/mol. The maximum Gasteiger partial charge on any atom is 0.316 e. The number of fused-ring (bicyclic) bond motifs is 3. The average molecular weight is 875 g/mol. The number of esters is 1. The van der Waals surface area contributed by atoms with Crippen molar-refractivity contribution in [3.05, 3.63) is 47.1 Å². The van der Waals surface area contributed by atoms with Crippen molar-refractivity contribution in [2.24, 2.45) is 23.7 Å². The van der Waals surface area contributed by atoms with Gasteiger partial charge >= 0.3 is 5.97 Å². The lowest BCUT2D eigenvalue weighted by molar-refractivity contribution is -0.318. The Morgan fingerprint density at radius 3 is 2.27 bits per heavy atom. The Balaban J connectivity index is 1.17. The second kappa shape index (κ2) is 19.4. The molecule has 4 N–H and O–H groups in total. The summed E-state index contributed by atoms with van der Waals surface area (Å²) < 4.78 is 57.4. The molecule has 1 saturated carbocycles. The number of allylic oxidation sites excluding steroid dienone is 2. The van der Waals surface area contributed by atoms with Gasteiger partial charge in [0.15, 0.2) is 18.4 Å². The summed E-state index contributed by atoms with van der Waals surface area (Å²) in [7, 11) is 3.22. The lowest BCUT2D eigenvalue weighted by Gasteiger charge is -2.45. The molecule has 14 nitrogen and oxygen atoms in total. The van der Waals surface area contributed by atoms with Gasteiger partial charge in [-0.05, 0) is 96.8 Å². The quantitative estimate of drug-likeness (QED) is 0.190. The van der Waals surface area contributed by atoms with Crippen LogP contribution in [0.1, 0.15) is 113 Å². The largest absolute Gasteiger partial charge is 0.462 e. The van der Waals surface area contributed by atoms with E-state index in [4.69, 9.17) is 42.6 Å². The molecule has 18 atom stereocenters. The Morgan fingerprint density at radius 2 is 1.58 bits per heavy atom. The van der Waals surface area contributed by atoms with Crippen LogP contribution >= 0.6 is 0 Å². The highest BCUT2D eigenvalue weighted by molar-refractivity contribution is 5.78. The molecule has 18 unspecified atom stereocenters. The van der Waals surface area contributed by atoms with Crippen molar-refractivity contribution < 1.29 is 67.9 Å². The van der Waals surface area contributed by atoms with Gasteiger partial charge in [-0.3, -0.25) is 4.79 Å². The van der Waals surface area contributed by atoms with Crippen LogP contribution in [0.25, 0.3) is 0 Å². The zero-order chi connectivity index (χ0) is 44.7. The van der Waals surface area contributed by atoms with Crippen LogP contribution in [-0.2, 0) is 47.4 Å². The van der Waals surface area contributed by atoms with E-state index in [2.05, 4.69) is 19.9 Å². The van der Waals surface area contributed by atoms with E-state index < -0.39 is 96.2 Å². The highest BCUT2D eigenvalue weighted by atomic mass is 16.7. The molecule has 5 fully saturated rings. The van der Waals surface area contributed by atoms with Gasteiger partial charge in [-0.15, -0.1) is 0 Å². The first kappa shape index (κ1) is 47.9. The molecule has 7 rings (SSSR count). The van der Waals surface area contributed by atoms with Crippen LogP contribution in [0.5, 0.6) is 0 Å². The molecule has 2 aliphatic carbocycles. The fourth-order valence-corrected chi connectivity index (χ4v) is 11.1. The fraction of sp³-hybridized carbons (Fsp3) is 0.812. The van der Waals surface area contributed by atoms with Crippen molar-refractivity contribution in [2.75, 3.05) is 20.8 Å². The van der Waals surface area contributed by atoms with Crippen LogP contribution in [0.2, 0.25) is 0 Å². The number of rotatable bonds is 7. The fourth-order valence-electron chi connectivity index (χ4n) is 11.1. The van der Waals surface area contributed by atoms with Crippen molar-refractivity contribution >= 4 is 5.97 Å². The second-order valence-corrected chi connectivity index (χ2v) is 19.8. The highest BCUT2D eigenvalue weighted by Gasteiger charge is 2.58. The monoisotopic (exact) mass is 875 g/mol. The molecule has 350 valence electrons. The lowest BCUT2D eigenvalue weighted by atomic mass is 9.68. The number of aliphatic hydroxyl groups is 4. The van der Waals surface area contributed by atoms with Crippen molar-refractivity contribution in [1.29, 1.82) is 0 Å². The first-order valence-electron chi connectivity index (χ1n) is 23.1. The van der Waals surface area contributed by atoms with Crippen molar-refractivity contribution in [3.8, 4) is 0 Å². The minimum absolute atomic E-state index is 0.0781. The molecule has 5 heterocycles. The van der Waals surface area contributed by atoms with Gasteiger partial charge in [0.1, 0.15) is 29.8 Å². The van der Waals surface area contributed by atoms with E-state index in [1.54, 1.807) is 48.0 Å². The molecule has 1 spiro atoms. The summed E-state index contributed by atoms with van der Waals surface area (Å²) in [5, 5.41) is 45.3. The number of carbonyl (C=O) groups is 1. The zero-order valence-corrected chi connectivity index (χ0v) is 38.3. The van der Waals surface area contributed by atoms with E-state index in [1.165, 1.54) is 0 Å². The Hall–Kier alpha value is -2.05. The second-order valence-electron chi connectivity index (χ2n) is 19.8. The highest BCUT2D eigenvalue weighted by Crippen LogP contribution is 2.52. The third kappa shape index (κ3) is 10.0. The molecule has 5 aliphatic heterocycles. The van der Waals surface area contributed by atoms with Crippen LogP contribution < -0.4 is 0 Å². The summed E-state index contributed by atoms with van der Waals surface area (Å²) in [5.74, 6) is -3.35. The smallest absolute Gasteiger partial charge is 0.316 e. The Labute approximate surface area is 367 Å². The first-order chi connectivity index (χ1) is 29.3. The number of ether oxygens (including phenoxy) is 9. The predicted octanol–water partition coefficient (Wildman–Crippen LogP) is 5.34. The molecular formula is C48H74O14. The SMILES string of the molecule is COC1CC(OC2C(C)OC(OC3/C(C)=C\CC4CCC(CC5(CCC(C(C)(C)O)CO5)O4)OC(=O)C4C=C(C)C(O)C5CC/C(=C\C=C/C3C)C45O)CC2OC)OC(C)C1O. The number of aliphatic hydroxyl groups excluding tert-OH is 2. The van der Waals surface area contributed by atoms with Gasteiger partial charge in [-0.2, -0.15) is 0 Å². The van der Waals surface area contributed by atoms with Gasteiger partial charge in [0.05, 0.1) is 54.9 Å². The van der Waals surface area contributed by atoms with Crippen LogP contribution in [0.4, 0.5) is 0 Å². The van der Waals surface area contributed by atoms with E-state index in [-0.39, 0.29) is 24.0 Å². The van der Waals surface area contributed by atoms with Gasteiger partial charge < -0.3 is 63.1 Å². The van der Waals surface area contributed by atoms with E-state index in [0.29, 0.717) is 82.0 Å². The third-order valence-electron chi connectivity index (χ3n) is 15.1. The molecular weight excluding hydrogens is 801 g/mol. The summed E-state index contributed by atoms with van der Waals surface area (Å²) in [6.45, 7) is 13.6. The van der Waals surface area contributed by atoms with E-state index >= 15 is 0 Å². The average Bonchev–Trinajstić information content (AvgIpc) is 3.47. The minimum atomic E-state index is -1.63. The summed E-state index contributed by atoms with van der Waals surface area (Å²) in [4.78, 5) is 14.3. The van der Waals surface area contributed by atoms with E-state index in [9.17, 15) is 25.2 Å². The molecule has 2 bridgehead atoms. The Bertz CT molecular complexity index is 1680. The van der Waals surface area contributed by atoms with E-state index in [0.717, 1.165) is 5.57 Å². The summed E-state index contributed by atoms with van der Waals surface area (Å²) in [6, 6.07) is 0. The molecule has 0 radical (unpaired) electrons. The Morgan fingerprint density at radius 1 is 0.887 bits per heavy atom. The van der Waals surface area contributed by atoms with Crippen molar-refractivity contribution in [1.82, 2.24) is 0 Å². The molecule has 0 aromatic carbocycles. The topological polar surface area (TPSA) is 181 Å². The molecule has 14 heteroatoms. The van der Waals surface area contributed by atoms with Gasteiger partial charge in [0.2, 0.25) is 0 Å². The lowest BCUT2D eigenvalue weighted by Crippen LogP contribution is -2.55. The maximum atomic E-state index is 14.3. The van der Waals surface area contributed by atoms with Crippen LogP contribution in [0.3, 0.4) is 0 Å². The van der Waals surface area contributed by atoms with Gasteiger partial charge in [0.25, 0.3) is 0 Å². The normalized spacial score (nSPS) is 48.1. The third-order valence-corrected chi connectivity index (χ3v) is 15.1. The Kier molecular flexibility index (Phi) is 15.0. The van der Waals surface area contributed by atoms with Crippen LogP contribution in [0.15, 0.2) is 47.1 Å². The maximum absolute atomic E-state index is 14.3. The number of hydrogen-bond donors (Lipinski definition) is 4. The number of carbonyl (C=O) groups excluding carboxylic acids is 1. The first-order valence-corrected chi connectivity index (χ1v) is 23.1. The molecule has 0 amide bonds. The number of methoxy groups -OCH3 is 2. The standard InChI is InChI=1S/C48H74O14/c1-26-11-10-12-31-14-18-35-41(49)28(3)21-36(48(31,35)53)45(51)59-34-17-16-33(62-47(24-34)20-19-32(25-56-47)46(6,7)52)15-13-27(2)43(26)60-40-23-38(55-9)44(30(5)58-40)61-39-22-37(54-8)42(50)29(4)57-39/h10-13,21,26,29-30,32-44,49-50,52-53H,14-20,22-25H2,1-9H3/b11-10-,27-13-,31-12+. The molecule has 0 aromatic rings. The van der Waals surface area contributed by atoms with Gasteiger partial charge in [-0.1, -0.05) is 37.3 Å². The van der Waals surface area contributed by atoms with Crippen LogP contribution in [0, 0.1) is 23.7 Å². The summed E-state index contributed by atoms with van der Waals surface area (Å²) in [5.41, 5.74) is -0.230. The van der Waals surface area contributed by atoms with Gasteiger partial charge in [0, 0.05) is 57.7 Å². The summed E-state index contributed by atoms with van der Waals surface area (Å²) in [6.07, 6.45) is 8.50.